The fourth-order valence-electron chi connectivity index (χ4n) is 2.36. The van der Waals surface area contributed by atoms with Gasteiger partial charge in [-0.25, -0.2) is 0 Å². The van der Waals surface area contributed by atoms with Crippen molar-refractivity contribution in [2.75, 3.05) is 26.7 Å². The van der Waals surface area contributed by atoms with Crippen LogP contribution in [0.4, 0.5) is 0 Å². The van der Waals surface area contributed by atoms with Gasteiger partial charge in [-0.15, -0.1) is 0 Å². The molecular weight excluding hydrogens is 232 g/mol. The molecule has 0 aliphatic heterocycles. The molecule has 0 amide bonds. The van der Waals surface area contributed by atoms with Crippen molar-refractivity contribution >= 4 is 0 Å². The minimum Gasteiger partial charge on any atom is -0.316 e. The van der Waals surface area contributed by atoms with Gasteiger partial charge in [0, 0.05) is 13.1 Å². The maximum absolute atomic E-state index is 3.54. The van der Waals surface area contributed by atoms with E-state index in [1.54, 1.807) is 0 Å². The van der Waals surface area contributed by atoms with Crippen LogP contribution in [0.1, 0.15) is 31.9 Å². The summed E-state index contributed by atoms with van der Waals surface area (Å²) in [7, 11) is 2.21. The molecule has 0 spiro atoms. The normalized spacial score (nSPS) is 13.2. The van der Waals surface area contributed by atoms with E-state index < -0.39 is 0 Å². The number of benzene rings is 1. The highest BCUT2D eigenvalue weighted by Crippen LogP contribution is 2.10. The molecule has 1 atom stereocenters. The van der Waals surface area contributed by atoms with Crippen LogP contribution in [0.2, 0.25) is 0 Å². The number of aryl methyl sites for hydroxylation is 1. The van der Waals surface area contributed by atoms with Crippen LogP contribution in [0.5, 0.6) is 0 Å². The van der Waals surface area contributed by atoms with Gasteiger partial charge in [-0.05, 0) is 50.0 Å². The third-order valence-electron chi connectivity index (χ3n) is 3.37. The van der Waals surface area contributed by atoms with E-state index in [9.17, 15) is 0 Å². The second-order valence-corrected chi connectivity index (χ2v) is 6.28. The molecule has 0 bridgehead atoms. The molecule has 2 heteroatoms. The minimum absolute atomic E-state index is 0.688. The second kappa shape index (κ2) is 8.34. The van der Waals surface area contributed by atoms with Crippen molar-refractivity contribution in [2.24, 2.45) is 11.8 Å². The molecule has 2 nitrogen and oxygen atoms in total. The lowest BCUT2D eigenvalue weighted by atomic mass is 10.1. The van der Waals surface area contributed by atoms with Gasteiger partial charge in [-0.3, -0.25) is 0 Å². The first-order valence-electron chi connectivity index (χ1n) is 7.42. The van der Waals surface area contributed by atoms with Gasteiger partial charge in [-0.1, -0.05) is 45.0 Å². The van der Waals surface area contributed by atoms with E-state index in [1.165, 1.54) is 11.1 Å². The van der Waals surface area contributed by atoms with Crippen molar-refractivity contribution in [1.29, 1.82) is 0 Å². The fourth-order valence-corrected chi connectivity index (χ4v) is 2.36. The summed E-state index contributed by atoms with van der Waals surface area (Å²) in [6.07, 6.45) is 0. The minimum atomic E-state index is 0.688. The Morgan fingerprint density at radius 2 is 1.79 bits per heavy atom. The first-order valence-corrected chi connectivity index (χ1v) is 7.42. The van der Waals surface area contributed by atoms with E-state index in [-0.39, 0.29) is 0 Å². The van der Waals surface area contributed by atoms with Gasteiger partial charge in [-0.2, -0.15) is 0 Å². The number of nitrogens with zero attached hydrogens (tertiary/aromatic N) is 1. The number of hydrogen-bond acceptors (Lipinski definition) is 2. The third kappa shape index (κ3) is 6.74. The van der Waals surface area contributed by atoms with Crippen LogP contribution in [-0.2, 0) is 6.54 Å². The maximum atomic E-state index is 3.54. The van der Waals surface area contributed by atoms with Crippen LogP contribution in [-0.4, -0.2) is 31.6 Å². The van der Waals surface area contributed by atoms with Gasteiger partial charge in [0.25, 0.3) is 0 Å². The lowest BCUT2D eigenvalue weighted by Gasteiger charge is -2.22. The van der Waals surface area contributed by atoms with Crippen LogP contribution in [0.15, 0.2) is 24.3 Å². The van der Waals surface area contributed by atoms with Gasteiger partial charge in [0.15, 0.2) is 0 Å². The second-order valence-electron chi connectivity index (χ2n) is 6.28. The number of rotatable bonds is 8. The molecule has 108 valence electrons. The average molecular weight is 262 g/mol. The van der Waals surface area contributed by atoms with Crippen molar-refractivity contribution < 1.29 is 0 Å². The Bertz CT molecular complexity index is 360. The quantitative estimate of drug-likeness (QED) is 0.773. The summed E-state index contributed by atoms with van der Waals surface area (Å²) in [5.74, 6) is 1.42. The summed E-state index contributed by atoms with van der Waals surface area (Å²) in [4.78, 5) is 2.42. The van der Waals surface area contributed by atoms with E-state index in [0.29, 0.717) is 5.92 Å². The van der Waals surface area contributed by atoms with E-state index in [1.807, 2.05) is 0 Å². The molecule has 19 heavy (non-hydrogen) atoms. The Kier molecular flexibility index (Phi) is 7.11. The molecular formula is C17H30N2. The highest BCUT2D eigenvalue weighted by Gasteiger charge is 2.08. The topological polar surface area (TPSA) is 15.3 Å². The lowest BCUT2D eigenvalue weighted by Crippen LogP contribution is -2.32. The van der Waals surface area contributed by atoms with Gasteiger partial charge in [0.2, 0.25) is 0 Å². The molecule has 0 radical (unpaired) electrons. The summed E-state index contributed by atoms with van der Waals surface area (Å²) < 4.78 is 0. The molecule has 1 aromatic carbocycles. The maximum Gasteiger partial charge on any atom is 0.0233 e. The van der Waals surface area contributed by atoms with Crippen molar-refractivity contribution in [3.05, 3.63) is 35.4 Å². The predicted molar refractivity (Wildman–Crippen MR) is 84.4 cm³/mol. The van der Waals surface area contributed by atoms with Crippen LogP contribution >= 0.6 is 0 Å². The largest absolute Gasteiger partial charge is 0.316 e. The highest BCUT2D eigenvalue weighted by molar-refractivity contribution is 5.25. The molecule has 0 aliphatic rings. The Morgan fingerprint density at radius 3 is 2.42 bits per heavy atom. The van der Waals surface area contributed by atoms with E-state index in [2.05, 4.69) is 69.2 Å². The molecule has 0 aliphatic carbocycles. The van der Waals surface area contributed by atoms with Crippen LogP contribution in [0, 0.1) is 18.8 Å². The Hall–Kier alpha value is -0.860. The molecule has 0 heterocycles. The number of nitrogens with one attached hydrogen (secondary N) is 1. The Balaban J connectivity index is 2.30. The summed E-state index contributed by atoms with van der Waals surface area (Å²) in [5, 5.41) is 3.54. The van der Waals surface area contributed by atoms with Gasteiger partial charge in [0.1, 0.15) is 0 Å². The van der Waals surface area contributed by atoms with Gasteiger partial charge in [0.05, 0.1) is 0 Å². The molecule has 0 fully saturated rings. The van der Waals surface area contributed by atoms with Gasteiger partial charge >= 0.3 is 0 Å². The van der Waals surface area contributed by atoms with Crippen molar-refractivity contribution in [2.45, 2.75) is 34.2 Å². The van der Waals surface area contributed by atoms with Crippen molar-refractivity contribution in [3.8, 4) is 0 Å². The van der Waals surface area contributed by atoms with E-state index in [4.69, 9.17) is 0 Å². The summed E-state index contributed by atoms with van der Waals surface area (Å²) in [6, 6.07) is 8.66. The zero-order chi connectivity index (χ0) is 14.3. The van der Waals surface area contributed by atoms with E-state index in [0.717, 1.165) is 32.1 Å². The van der Waals surface area contributed by atoms with Crippen LogP contribution in [0.25, 0.3) is 0 Å². The van der Waals surface area contributed by atoms with Crippen molar-refractivity contribution in [3.63, 3.8) is 0 Å². The molecule has 0 aromatic heterocycles. The fraction of sp³-hybridized carbons (Fsp3) is 0.647. The summed E-state index contributed by atoms with van der Waals surface area (Å²) in [6.45, 7) is 13.4. The van der Waals surface area contributed by atoms with E-state index >= 15 is 0 Å². The first-order chi connectivity index (χ1) is 8.99. The molecule has 1 aromatic rings. The van der Waals surface area contributed by atoms with Crippen LogP contribution in [0.3, 0.4) is 0 Å². The standard InChI is InChI=1S/C17H30N2/c1-14(2)10-18-11-15(3)12-19(5)13-17-9-7-6-8-16(17)4/h6-9,14-15,18H,10-13H2,1-5H3. The third-order valence-corrected chi connectivity index (χ3v) is 3.37. The summed E-state index contributed by atoms with van der Waals surface area (Å²) in [5.41, 5.74) is 2.83. The first kappa shape index (κ1) is 16.2. The average Bonchev–Trinajstić information content (AvgIpc) is 2.31. The van der Waals surface area contributed by atoms with Crippen molar-refractivity contribution in [1.82, 2.24) is 10.2 Å². The molecule has 0 saturated heterocycles. The predicted octanol–water partition coefficient (Wildman–Crippen LogP) is 3.31. The SMILES string of the molecule is Cc1ccccc1CN(C)CC(C)CNCC(C)C. The molecule has 1 unspecified atom stereocenters. The lowest BCUT2D eigenvalue weighted by molar-refractivity contribution is 0.272. The smallest absolute Gasteiger partial charge is 0.0233 e. The monoisotopic (exact) mass is 262 g/mol. The molecule has 1 rings (SSSR count). The van der Waals surface area contributed by atoms with Crippen LogP contribution < -0.4 is 5.32 Å². The Labute approximate surface area is 119 Å². The zero-order valence-corrected chi connectivity index (χ0v) is 13.2. The highest BCUT2D eigenvalue weighted by atomic mass is 15.1. The van der Waals surface area contributed by atoms with Gasteiger partial charge < -0.3 is 10.2 Å². The molecule has 1 N–H and O–H groups in total. The zero-order valence-electron chi connectivity index (χ0n) is 13.2. The molecule has 0 saturated carbocycles. The summed E-state index contributed by atoms with van der Waals surface area (Å²) >= 11 is 0. The Morgan fingerprint density at radius 1 is 1.11 bits per heavy atom. The number of hydrogen-bond donors (Lipinski definition) is 1.